The third kappa shape index (κ3) is 4.52. The third-order valence-electron chi connectivity index (χ3n) is 5.32. The number of rotatable bonds is 5. The van der Waals surface area contributed by atoms with Crippen LogP contribution in [-0.4, -0.2) is 63.6 Å². The number of carbonyl (C=O) groups is 2. The number of nitrogens with zero attached hydrogens (tertiary/aromatic N) is 5. The van der Waals surface area contributed by atoms with Crippen molar-refractivity contribution in [2.24, 2.45) is 0 Å². The minimum absolute atomic E-state index is 0.00176. The molecular weight excluding hydrogens is 411 g/mol. The monoisotopic (exact) mass is 436 g/mol. The molecule has 3 heterocycles. The topological polar surface area (TPSA) is 83.4 Å². The van der Waals surface area contributed by atoms with E-state index in [-0.39, 0.29) is 24.2 Å². The van der Waals surface area contributed by atoms with Crippen LogP contribution in [0.15, 0.2) is 42.6 Å². The van der Waals surface area contributed by atoms with Crippen molar-refractivity contribution < 1.29 is 14.0 Å². The number of benzene rings is 1. The summed E-state index contributed by atoms with van der Waals surface area (Å²) in [5.41, 5.74) is 4.01. The van der Waals surface area contributed by atoms with Crippen LogP contribution in [0.4, 0.5) is 10.2 Å². The first-order valence-electron chi connectivity index (χ1n) is 10.3. The van der Waals surface area contributed by atoms with Crippen LogP contribution in [0.2, 0.25) is 0 Å². The van der Waals surface area contributed by atoms with Crippen molar-refractivity contribution in [3.8, 4) is 22.4 Å². The van der Waals surface area contributed by atoms with Gasteiger partial charge in [0.2, 0.25) is 11.8 Å². The number of likely N-dealkylation sites (N-methyl/N-ethyl adjacent to an activating group) is 1. The summed E-state index contributed by atoms with van der Waals surface area (Å²) in [6, 6.07) is 9.83. The van der Waals surface area contributed by atoms with Gasteiger partial charge in [0, 0.05) is 30.8 Å². The summed E-state index contributed by atoms with van der Waals surface area (Å²) < 4.78 is 15.4. The molecule has 0 fully saturated rings. The smallest absolute Gasteiger partial charge is 0.239 e. The Morgan fingerprint density at radius 2 is 1.88 bits per heavy atom. The first-order chi connectivity index (χ1) is 15.3. The molecule has 2 aromatic heterocycles. The zero-order valence-electron chi connectivity index (χ0n) is 18.3. The highest BCUT2D eigenvalue weighted by Gasteiger charge is 2.27. The van der Waals surface area contributed by atoms with Gasteiger partial charge in [0.1, 0.15) is 17.3 Å². The number of anilines is 1. The second kappa shape index (κ2) is 8.88. The van der Waals surface area contributed by atoms with Crippen LogP contribution < -0.4 is 5.32 Å². The van der Waals surface area contributed by atoms with Gasteiger partial charge in [0.25, 0.3) is 0 Å². The highest BCUT2D eigenvalue weighted by atomic mass is 19.1. The van der Waals surface area contributed by atoms with Gasteiger partial charge in [-0.1, -0.05) is 0 Å². The van der Waals surface area contributed by atoms with Gasteiger partial charge >= 0.3 is 0 Å². The largest absolute Gasteiger partial charge is 0.335 e. The van der Waals surface area contributed by atoms with Gasteiger partial charge in [-0.15, -0.1) is 0 Å². The standard InChI is InChI=1S/C23H25FN6O2/c1-15(31)29-10-11-30-19(13-29)22(23(27-30)16-4-6-18(24)7-5-16)17-8-9-25-20(12-17)26-21(32)14-28(2)3/h4-9,12H,10-11,13-14H2,1-3H3,(H,25,26,32). The Morgan fingerprint density at radius 1 is 1.12 bits per heavy atom. The van der Waals surface area contributed by atoms with E-state index in [9.17, 15) is 14.0 Å². The summed E-state index contributed by atoms with van der Waals surface area (Å²) >= 11 is 0. The van der Waals surface area contributed by atoms with E-state index in [1.165, 1.54) is 12.1 Å². The first-order valence-corrected chi connectivity index (χ1v) is 10.3. The van der Waals surface area contributed by atoms with Crippen LogP contribution in [0.1, 0.15) is 12.6 Å². The maximum atomic E-state index is 13.5. The van der Waals surface area contributed by atoms with Gasteiger partial charge in [0.15, 0.2) is 0 Å². The Labute approximate surface area is 185 Å². The molecule has 1 aliphatic rings. The summed E-state index contributed by atoms with van der Waals surface area (Å²) in [6.07, 6.45) is 1.63. The van der Waals surface area contributed by atoms with Crippen LogP contribution in [0.3, 0.4) is 0 Å². The van der Waals surface area contributed by atoms with Gasteiger partial charge in [-0.3, -0.25) is 14.3 Å². The molecule has 0 bridgehead atoms. The molecule has 0 atom stereocenters. The van der Waals surface area contributed by atoms with Crippen LogP contribution >= 0.6 is 0 Å². The van der Waals surface area contributed by atoms with E-state index in [0.29, 0.717) is 31.1 Å². The lowest BCUT2D eigenvalue weighted by Gasteiger charge is -2.27. The van der Waals surface area contributed by atoms with Crippen LogP contribution in [0.25, 0.3) is 22.4 Å². The molecule has 4 rings (SSSR count). The number of carbonyl (C=O) groups excluding carboxylic acids is 2. The fraction of sp³-hybridized carbons (Fsp3) is 0.304. The van der Waals surface area contributed by atoms with E-state index in [2.05, 4.69) is 10.3 Å². The molecule has 0 saturated carbocycles. The summed E-state index contributed by atoms with van der Waals surface area (Å²) in [7, 11) is 3.64. The lowest BCUT2D eigenvalue weighted by molar-refractivity contribution is -0.130. The quantitative estimate of drug-likeness (QED) is 0.665. The Morgan fingerprint density at radius 3 is 2.56 bits per heavy atom. The molecule has 0 radical (unpaired) electrons. The Hall–Kier alpha value is -3.59. The van der Waals surface area contributed by atoms with Crippen LogP contribution in [0, 0.1) is 5.82 Å². The van der Waals surface area contributed by atoms with Crippen molar-refractivity contribution in [1.82, 2.24) is 24.6 Å². The zero-order valence-corrected chi connectivity index (χ0v) is 18.3. The van der Waals surface area contributed by atoms with Crippen molar-refractivity contribution in [2.75, 3.05) is 32.5 Å². The lowest BCUT2D eigenvalue weighted by atomic mass is 9.98. The number of hydrogen-bond acceptors (Lipinski definition) is 5. The number of amides is 2. The SMILES string of the molecule is CC(=O)N1CCn2nc(-c3ccc(F)cc3)c(-c3ccnc(NC(=O)CN(C)C)c3)c2C1. The average molecular weight is 436 g/mol. The molecule has 0 unspecified atom stereocenters. The van der Waals surface area contributed by atoms with E-state index in [1.54, 1.807) is 41.1 Å². The molecule has 166 valence electrons. The maximum Gasteiger partial charge on any atom is 0.239 e. The zero-order chi connectivity index (χ0) is 22.8. The summed E-state index contributed by atoms with van der Waals surface area (Å²) in [5.74, 6) is -0.0632. The molecule has 1 aliphatic heterocycles. The molecule has 3 aromatic rings. The Bertz CT molecular complexity index is 1160. The summed E-state index contributed by atoms with van der Waals surface area (Å²) in [5, 5.41) is 7.61. The first kappa shape index (κ1) is 21.6. The van der Waals surface area contributed by atoms with Gasteiger partial charge in [-0.2, -0.15) is 5.10 Å². The number of nitrogens with one attached hydrogen (secondary N) is 1. The average Bonchev–Trinajstić information content (AvgIpc) is 3.12. The van der Waals surface area contributed by atoms with Crippen LogP contribution in [0.5, 0.6) is 0 Å². The van der Waals surface area contributed by atoms with Crippen molar-refractivity contribution in [1.29, 1.82) is 0 Å². The van der Waals surface area contributed by atoms with Gasteiger partial charge < -0.3 is 15.1 Å². The summed E-state index contributed by atoms with van der Waals surface area (Å²) in [4.78, 5) is 32.1. The Kier molecular flexibility index (Phi) is 6.00. The highest BCUT2D eigenvalue weighted by molar-refractivity contribution is 5.92. The fourth-order valence-corrected chi connectivity index (χ4v) is 3.82. The number of hydrogen-bond donors (Lipinski definition) is 1. The normalized spacial score (nSPS) is 13.2. The predicted molar refractivity (Wildman–Crippen MR) is 119 cm³/mol. The number of aromatic nitrogens is 3. The molecule has 32 heavy (non-hydrogen) atoms. The van der Waals surface area contributed by atoms with Crippen LogP contribution in [-0.2, 0) is 22.7 Å². The number of fused-ring (bicyclic) bond motifs is 1. The van der Waals surface area contributed by atoms with E-state index in [0.717, 1.165) is 22.4 Å². The molecule has 1 N–H and O–H groups in total. The van der Waals surface area contributed by atoms with E-state index in [4.69, 9.17) is 5.10 Å². The molecule has 9 heteroatoms. The Balaban J connectivity index is 1.79. The fourth-order valence-electron chi connectivity index (χ4n) is 3.82. The molecule has 2 amide bonds. The van der Waals surface area contributed by atoms with Crippen molar-refractivity contribution >= 4 is 17.6 Å². The molecule has 8 nitrogen and oxygen atoms in total. The minimum Gasteiger partial charge on any atom is -0.335 e. The second-order valence-electron chi connectivity index (χ2n) is 8.06. The maximum absolute atomic E-state index is 13.5. The summed E-state index contributed by atoms with van der Waals surface area (Å²) in [6.45, 7) is 3.36. The van der Waals surface area contributed by atoms with E-state index >= 15 is 0 Å². The van der Waals surface area contributed by atoms with Crippen molar-refractivity contribution in [2.45, 2.75) is 20.0 Å². The number of pyridine rings is 1. The minimum atomic E-state index is -0.322. The molecule has 1 aromatic carbocycles. The van der Waals surface area contributed by atoms with E-state index < -0.39 is 0 Å². The van der Waals surface area contributed by atoms with Crippen molar-refractivity contribution in [3.63, 3.8) is 0 Å². The second-order valence-corrected chi connectivity index (χ2v) is 8.06. The van der Waals surface area contributed by atoms with E-state index in [1.807, 2.05) is 24.8 Å². The molecule has 0 saturated heterocycles. The predicted octanol–water partition coefficient (Wildman–Crippen LogP) is 2.61. The molecule has 0 aliphatic carbocycles. The highest BCUT2D eigenvalue weighted by Crippen LogP contribution is 2.37. The number of halogens is 1. The van der Waals surface area contributed by atoms with Gasteiger partial charge in [-0.05, 0) is 56.1 Å². The van der Waals surface area contributed by atoms with Gasteiger partial charge in [-0.25, -0.2) is 9.37 Å². The third-order valence-corrected chi connectivity index (χ3v) is 5.32. The van der Waals surface area contributed by atoms with Gasteiger partial charge in [0.05, 0.1) is 25.3 Å². The molecular formula is C23H25FN6O2. The van der Waals surface area contributed by atoms with Crippen molar-refractivity contribution in [3.05, 3.63) is 54.1 Å². The lowest BCUT2D eigenvalue weighted by Crippen LogP contribution is -2.37. The molecule has 0 spiro atoms.